The Morgan fingerprint density at radius 2 is 1.77 bits per heavy atom. The summed E-state index contributed by atoms with van der Waals surface area (Å²) in [6.07, 6.45) is 0.539. The van der Waals surface area contributed by atoms with E-state index in [0.717, 1.165) is 11.1 Å². The van der Waals surface area contributed by atoms with E-state index in [1.54, 1.807) is 20.9 Å². The van der Waals surface area contributed by atoms with Gasteiger partial charge < -0.3 is 19.3 Å². The molecule has 0 spiro atoms. The Labute approximate surface area is 153 Å². The summed E-state index contributed by atoms with van der Waals surface area (Å²) in [5.74, 6) is -0.757. The molecule has 26 heavy (non-hydrogen) atoms. The first-order valence-electron chi connectivity index (χ1n) is 8.88. The lowest BCUT2D eigenvalue weighted by Crippen LogP contribution is -2.53. The number of hydrogen-bond donors (Lipinski definition) is 0. The first kappa shape index (κ1) is 19.8. The molecule has 1 aromatic carbocycles. The van der Waals surface area contributed by atoms with Crippen molar-refractivity contribution in [3.05, 3.63) is 35.4 Å². The summed E-state index contributed by atoms with van der Waals surface area (Å²) in [4.78, 5) is 39.8. The number of carbonyl (C=O) groups excluding carboxylic acids is 3. The van der Waals surface area contributed by atoms with Gasteiger partial charge in [-0.05, 0) is 25.0 Å². The van der Waals surface area contributed by atoms with Crippen LogP contribution in [0.2, 0.25) is 0 Å². The third-order valence-corrected chi connectivity index (χ3v) is 4.34. The lowest BCUT2D eigenvalue weighted by molar-refractivity contribution is -0.149. The van der Waals surface area contributed by atoms with Crippen molar-refractivity contribution in [3.63, 3.8) is 0 Å². The van der Waals surface area contributed by atoms with Crippen molar-refractivity contribution in [1.29, 1.82) is 0 Å². The van der Waals surface area contributed by atoms with Gasteiger partial charge in [0, 0.05) is 26.6 Å². The van der Waals surface area contributed by atoms with E-state index >= 15 is 0 Å². The molecule has 1 aliphatic heterocycles. The molecule has 0 aromatic heterocycles. The third-order valence-electron chi connectivity index (χ3n) is 4.34. The summed E-state index contributed by atoms with van der Waals surface area (Å²) in [7, 11) is 1.62. The number of fused-ring (bicyclic) bond motifs is 1. The first-order chi connectivity index (χ1) is 12.5. The van der Waals surface area contributed by atoms with Crippen molar-refractivity contribution in [2.75, 3.05) is 26.8 Å². The summed E-state index contributed by atoms with van der Waals surface area (Å²) in [5.41, 5.74) is 2.06. The van der Waals surface area contributed by atoms with Crippen molar-refractivity contribution in [1.82, 2.24) is 9.80 Å². The van der Waals surface area contributed by atoms with Gasteiger partial charge in [-0.3, -0.25) is 4.79 Å². The van der Waals surface area contributed by atoms with Crippen LogP contribution in [0.25, 0.3) is 0 Å². The van der Waals surface area contributed by atoms with Crippen molar-refractivity contribution < 1.29 is 23.9 Å². The number of esters is 2. The van der Waals surface area contributed by atoms with Gasteiger partial charge in [0.15, 0.2) is 0 Å². The largest absolute Gasteiger partial charge is 0.466 e. The van der Waals surface area contributed by atoms with Crippen molar-refractivity contribution in [3.8, 4) is 0 Å². The molecule has 0 fully saturated rings. The summed E-state index contributed by atoms with van der Waals surface area (Å²) < 4.78 is 10.1. The minimum Gasteiger partial charge on any atom is -0.466 e. The lowest BCUT2D eigenvalue weighted by Gasteiger charge is -2.37. The normalized spacial score (nSPS) is 15.8. The quantitative estimate of drug-likeness (QED) is 0.723. The number of rotatable bonds is 6. The SMILES string of the molecule is CCOC(=O)CCN(C)C(=O)N1Cc2ccccc2C[C@H]1C(=O)OCC. The van der Waals surface area contributed by atoms with Gasteiger partial charge in [0.05, 0.1) is 19.6 Å². The molecule has 2 rings (SSSR count). The van der Waals surface area contributed by atoms with E-state index in [4.69, 9.17) is 9.47 Å². The zero-order chi connectivity index (χ0) is 19.1. The molecule has 142 valence electrons. The smallest absolute Gasteiger partial charge is 0.329 e. The Morgan fingerprint density at radius 1 is 1.12 bits per heavy atom. The lowest BCUT2D eigenvalue weighted by atomic mass is 9.94. The van der Waals surface area contributed by atoms with Crippen LogP contribution in [0.15, 0.2) is 24.3 Å². The highest BCUT2D eigenvalue weighted by Gasteiger charge is 2.36. The molecule has 7 nitrogen and oxygen atoms in total. The van der Waals surface area contributed by atoms with Crippen LogP contribution >= 0.6 is 0 Å². The molecule has 0 N–H and O–H groups in total. The van der Waals surface area contributed by atoms with Crippen molar-refractivity contribution in [2.45, 2.75) is 39.3 Å². The molecule has 0 saturated heterocycles. The molecule has 1 heterocycles. The molecule has 0 bridgehead atoms. The third kappa shape index (κ3) is 4.74. The molecular formula is C19H26N2O5. The molecule has 1 aromatic rings. The molecule has 0 saturated carbocycles. The fourth-order valence-corrected chi connectivity index (χ4v) is 2.98. The van der Waals surface area contributed by atoms with E-state index in [1.165, 1.54) is 9.80 Å². The molecule has 1 aliphatic rings. The van der Waals surface area contributed by atoms with E-state index in [1.807, 2.05) is 24.3 Å². The molecule has 0 unspecified atom stereocenters. The molecule has 1 atom stereocenters. The molecule has 0 aliphatic carbocycles. The number of amides is 2. The molecule has 2 amide bonds. The van der Waals surface area contributed by atoms with Crippen molar-refractivity contribution in [2.24, 2.45) is 0 Å². The minimum absolute atomic E-state index is 0.116. The van der Waals surface area contributed by atoms with Gasteiger partial charge >= 0.3 is 18.0 Å². The number of urea groups is 1. The Kier molecular flexibility index (Phi) is 7.00. The van der Waals surface area contributed by atoms with Gasteiger partial charge in [0.1, 0.15) is 6.04 Å². The van der Waals surface area contributed by atoms with Gasteiger partial charge in [0.25, 0.3) is 0 Å². The monoisotopic (exact) mass is 362 g/mol. The topological polar surface area (TPSA) is 76.2 Å². The maximum Gasteiger partial charge on any atom is 0.329 e. The van der Waals surface area contributed by atoms with Crippen LogP contribution in [0, 0.1) is 0 Å². The average Bonchev–Trinajstić information content (AvgIpc) is 2.64. The summed E-state index contributed by atoms with van der Waals surface area (Å²) >= 11 is 0. The van der Waals surface area contributed by atoms with Crippen LogP contribution in [0.5, 0.6) is 0 Å². The van der Waals surface area contributed by atoms with Crippen LogP contribution in [-0.4, -0.2) is 60.6 Å². The van der Waals surface area contributed by atoms with Crippen LogP contribution in [0.4, 0.5) is 4.79 Å². The fourth-order valence-electron chi connectivity index (χ4n) is 2.98. The van der Waals surface area contributed by atoms with Gasteiger partial charge in [-0.25, -0.2) is 9.59 Å². The maximum absolute atomic E-state index is 12.9. The highest BCUT2D eigenvalue weighted by molar-refractivity contribution is 5.85. The average molecular weight is 362 g/mol. The van der Waals surface area contributed by atoms with E-state index < -0.39 is 12.0 Å². The van der Waals surface area contributed by atoms with E-state index in [-0.39, 0.29) is 31.6 Å². The van der Waals surface area contributed by atoms with E-state index in [0.29, 0.717) is 19.6 Å². The van der Waals surface area contributed by atoms with Crippen LogP contribution in [0.1, 0.15) is 31.4 Å². The predicted octanol–water partition coefficient (Wildman–Crippen LogP) is 1.98. The highest BCUT2D eigenvalue weighted by Crippen LogP contribution is 2.25. The number of hydrogen-bond acceptors (Lipinski definition) is 5. The van der Waals surface area contributed by atoms with Gasteiger partial charge in [-0.15, -0.1) is 0 Å². The standard InChI is InChI=1S/C19H26N2O5/c1-4-25-17(22)10-11-20(3)19(24)21-13-15-9-7-6-8-14(15)12-16(21)18(23)26-5-2/h6-9,16H,4-5,10-13H2,1-3H3/t16-/m0/s1. The molecule has 7 heteroatoms. The van der Waals surface area contributed by atoms with Crippen LogP contribution in [-0.2, 0) is 32.0 Å². The zero-order valence-corrected chi connectivity index (χ0v) is 15.6. The van der Waals surface area contributed by atoms with Gasteiger partial charge in [-0.1, -0.05) is 24.3 Å². The maximum atomic E-state index is 12.9. The van der Waals surface area contributed by atoms with E-state index in [9.17, 15) is 14.4 Å². The first-order valence-corrected chi connectivity index (χ1v) is 8.88. The Bertz CT molecular complexity index is 661. The Morgan fingerprint density at radius 3 is 2.42 bits per heavy atom. The number of carbonyl (C=O) groups is 3. The van der Waals surface area contributed by atoms with Gasteiger partial charge in [-0.2, -0.15) is 0 Å². The Hall–Kier alpha value is -2.57. The predicted molar refractivity (Wildman–Crippen MR) is 95.4 cm³/mol. The second-order valence-corrected chi connectivity index (χ2v) is 6.13. The number of ether oxygens (including phenoxy) is 2. The summed E-state index contributed by atoms with van der Waals surface area (Å²) in [5, 5.41) is 0. The second-order valence-electron chi connectivity index (χ2n) is 6.13. The zero-order valence-electron chi connectivity index (χ0n) is 15.6. The molecular weight excluding hydrogens is 336 g/mol. The van der Waals surface area contributed by atoms with E-state index in [2.05, 4.69) is 0 Å². The van der Waals surface area contributed by atoms with Crippen molar-refractivity contribution >= 4 is 18.0 Å². The summed E-state index contributed by atoms with van der Waals surface area (Å²) in [6, 6.07) is 6.79. The second kappa shape index (κ2) is 9.22. The molecule has 0 radical (unpaired) electrons. The minimum atomic E-state index is -0.664. The number of benzene rings is 1. The van der Waals surface area contributed by atoms with Crippen LogP contribution < -0.4 is 0 Å². The number of nitrogens with zero attached hydrogens (tertiary/aromatic N) is 2. The van der Waals surface area contributed by atoms with Gasteiger partial charge in [0.2, 0.25) is 0 Å². The highest BCUT2D eigenvalue weighted by atomic mass is 16.5. The Balaban J connectivity index is 2.13. The summed E-state index contributed by atoms with van der Waals surface area (Å²) in [6.45, 7) is 4.61. The fraction of sp³-hybridized carbons (Fsp3) is 0.526. The van der Waals surface area contributed by atoms with Crippen LogP contribution in [0.3, 0.4) is 0 Å².